The molecule has 25 heavy (non-hydrogen) atoms. The van der Waals surface area contributed by atoms with Crippen molar-refractivity contribution >= 4 is 20.9 Å². The van der Waals surface area contributed by atoms with Gasteiger partial charge in [-0.05, 0) is 36.4 Å². The van der Waals surface area contributed by atoms with E-state index in [1.165, 1.54) is 19.2 Å². The minimum Gasteiger partial charge on any atom is -0.497 e. The van der Waals surface area contributed by atoms with Crippen LogP contribution in [0.5, 0.6) is 11.5 Å². The first kappa shape index (κ1) is 17.2. The average Bonchev–Trinajstić information content (AvgIpc) is 2.65. The topological polar surface area (TPSA) is 77.5 Å². The third-order valence-electron chi connectivity index (χ3n) is 3.62. The van der Waals surface area contributed by atoms with Crippen molar-refractivity contribution in [1.82, 2.24) is 9.71 Å². The Morgan fingerprint density at radius 2 is 1.80 bits per heavy atom. The number of para-hydroxylation sites is 1. The highest BCUT2D eigenvalue weighted by Gasteiger charge is 2.13. The lowest BCUT2D eigenvalue weighted by molar-refractivity contribution is 0.326. The highest BCUT2D eigenvalue weighted by atomic mass is 32.2. The fraction of sp³-hybridized carbons (Fsp3) is 0.167. The molecule has 3 aromatic rings. The minimum absolute atomic E-state index is 0.150. The van der Waals surface area contributed by atoms with Crippen LogP contribution in [0.4, 0.5) is 0 Å². The molecule has 0 aliphatic heterocycles. The second kappa shape index (κ2) is 7.50. The molecule has 0 spiro atoms. The smallest absolute Gasteiger partial charge is 0.240 e. The number of ether oxygens (including phenoxy) is 2. The van der Waals surface area contributed by atoms with Crippen molar-refractivity contribution in [2.45, 2.75) is 4.90 Å². The van der Waals surface area contributed by atoms with E-state index in [-0.39, 0.29) is 18.0 Å². The highest BCUT2D eigenvalue weighted by Crippen LogP contribution is 2.22. The zero-order chi connectivity index (χ0) is 17.7. The average molecular weight is 358 g/mol. The summed E-state index contributed by atoms with van der Waals surface area (Å²) in [6.07, 6.45) is 1.70. The van der Waals surface area contributed by atoms with Crippen molar-refractivity contribution in [3.05, 3.63) is 60.8 Å². The third kappa shape index (κ3) is 4.07. The zero-order valence-electron chi connectivity index (χ0n) is 13.7. The van der Waals surface area contributed by atoms with Gasteiger partial charge in [0.05, 0.1) is 12.0 Å². The van der Waals surface area contributed by atoms with E-state index in [1.54, 1.807) is 18.3 Å². The molecule has 3 rings (SSSR count). The predicted molar refractivity (Wildman–Crippen MR) is 95.4 cm³/mol. The standard InChI is InChI=1S/C18H18N2O4S/c1-23-15-7-9-16(10-8-15)25(21,22)20-12-13-24-17-6-2-4-14-5-3-11-19-18(14)17/h2-11,20H,12-13H2,1H3. The van der Waals surface area contributed by atoms with Crippen molar-refractivity contribution < 1.29 is 17.9 Å². The van der Waals surface area contributed by atoms with Crippen LogP contribution in [-0.4, -0.2) is 33.7 Å². The SMILES string of the molecule is COc1ccc(S(=O)(=O)NCCOc2cccc3cccnc23)cc1. The monoisotopic (exact) mass is 358 g/mol. The van der Waals surface area contributed by atoms with Gasteiger partial charge in [0.25, 0.3) is 0 Å². The Labute approximate surface area is 146 Å². The van der Waals surface area contributed by atoms with Crippen LogP contribution in [-0.2, 0) is 10.0 Å². The summed E-state index contributed by atoms with van der Waals surface area (Å²) in [5.41, 5.74) is 0.753. The number of hydrogen-bond acceptors (Lipinski definition) is 5. The number of nitrogens with one attached hydrogen (secondary N) is 1. The van der Waals surface area contributed by atoms with Crippen LogP contribution in [0, 0.1) is 0 Å². The number of hydrogen-bond donors (Lipinski definition) is 1. The van der Waals surface area contributed by atoms with Crippen molar-refractivity contribution in [1.29, 1.82) is 0 Å². The van der Waals surface area contributed by atoms with Crippen LogP contribution >= 0.6 is 0 Å². The molecule has 0 radical (unpaired) electrons. The van der Waals surface area contributed by atoms with Crippen molar-refractivity contribution in [3.63, 3.8) is 0 Å². The lowest BCUT2D eigenvalue weighted by Crippen LogP contribution is -2.28. The van der Waals surface area contributed by atoms with Gasteiger partial charge in [-0.15, -0.1) is 0 Å². The van der Waals surface area contributed by atoms with E-state index in [0.717, 1.165) is 10.9 Å². The molecule has 130 valence electrons. The largest absolute Gasteiger partial charge is 0.497 e. The molecule has 1 N–H and O–H groups in total. The first-order chi connectivity index (χ1) is 12.1. The molecular formula is C18H18N2O4S. The van der Waals surface area contributed by atoms with Gasteiger partial charge in [0.1, 0.15) is 23.6 Å². The van der Waals surface area contributed by atoms with Crippen molar-refractivity contribution in [2.75, 3.05) is 20.3 Å². The molecule has 2 aromatic carbocycles. The van der Waals surface area contributed by atoms with Gasteiger partial charge in [0.2, 0.25) is 10.0 Å². The summed E-state index contributed by atoms with van der Waals surface area (Å²) in [6.45, 7) is 0.350. The quantitative estimate of drug-likeness (QED) is 0.657. The molecule has 0 bridgehead atoms. The van der Waals surface area contributed by atoms with Gasteiger partial charge in [0.15, 0.2) is 0 Å². The number of benzene rings is 2. The molecule has 1 aromatic heterocycles. The van der Waals surface area contributed by atoms with Gasteiger partial charge >= 0.3 is 0 Å². The second-order valence-electron chi connectivity index (χ2n) is 5.25. The maximum Gasteiger partial charge on any atom is 0.240 e. The molecule has 1 heterocycles. The van der Waals surface area contributed by atoms with Gasteiger partial charge in [-0.1, -0.05) is 18.2 Å². The maximum absolute atomic E-state index is 12.2. The Morgan fingerprint density at radius 3 is 2.56 bits per heavy atom. The third-order valence-corrected chi connectivity index (χ3v) is 5.09. The molecule has 0 atom stereocenters. The summed E-state index contributed by atoms with van der Waals surface area (Å²) in [4.78, 5) is 4.48. The summed E-state index contributed by atoms with van der Waals surface area (Å²) >= 11 is 0. The lowest BCUT2D eigenvalue weighted by atomic mass is 10.2. The number of methoxy groups -OCH3 is 1. The fourth-order valence-electron chi connectivity index (χ4n) is 2.37. The van der Waals surface area contributed by atoms with Gasteiger partial charge in [-0.3, -0.25) is 4.98 Å². The van der Waals surface area contributed by atoms with Crippen LogP contribution in [0.15, 0.2) is 65.7 Å². The number of rotatable bonds is 7. The molecule has 0 fully saturated rings. The van der Waals surface area contributed by atoms with Gasteiger partial charge in [0, 0.05) is 18.1 Å². The van der Waals surface area contributed by atoms with E-state index in [4.69, 9.17) is 9.47 Å². The van der Waals surface area contributed by atoms with Crippen molar-refractivity contribution in [2.24, 2.45) is 0 Å². The van der Waals surface area contributed by atoms with Gasteiger partial charge in [-0.25, -0.2) is 13.1 Å². The summed E-state index contributed by atoms with van der Waals surface area (Å²) in [5, 5.41) is 0.971. The fourth-order valence-corrected chi connectivity index (χ4v) is 3.38. The number of sulfonamides is 1. The lowest BCUT2D eigenvalue weighted by Gasteiger charge is -2.10. The van der Waals surface area contributed by atoms with Gasteiger partial charge < -0.3 is 9.47 Å². The summed E-state index contributed by atoms with van der Waals surface area (Å²) in [7, 11) is -2.05. The number of nitrogens with zero attached hydrogens (tertiary/aromatic N) is 1. The summed E-state index contributed by atoms with van der Waals surface area (Å²) in [6, 6.07) is 15.6. The highest BCUT2D eigenvalue weighted by molar-refractivity contribution is 7.89. The molecule has 0 saturated heterocycles. The number of pyridine rings is 1. The van der Waals surface area contributed by atoms with Crippen LogP contribution in [0.25, 0.3) is 10.9 Å². The molecule has 0 aliphatic rings. The number of aromatic nitrogens is 1. The second-order valence-corrected chi connectivity index (χ2v) is 7.02. The van der Waals surface area contributed by atoms with E-state index in [1.807, 2.05) is 30.3 Å². The van der Waals surface area contributed by atoms with E-state index in [0.29, 0.717) is 11.5 Å². The van der Waals surface area contributed by atoms with E-state index in [9.17, 15) is 8.42 Å². The van der Waals surface area contributed by atoms with Crippen LogP contribution < -0.4 is 14.2 Å². The van der Waals surface area contributed by atoms with E-state index in [2.05, 4.69) is 9.71 Å². The van der Waals surface area contributed by atoms with Crippen LogP contribution in [0.3, 0.4) is 0 Å². The molecule has 0 aliphatic carbocycles. The van der Waals surface area contributed by atoms with Gasteiger partial charge in [-0.2, -0.15) is 0 Å². The van der Waals surface area contributed by atoms with Crippen LogP contribution in [0.1, 0.15) is 0 Å². The van der Waals surface area contributed by atoms with Crippen LogP contribution in [0.2, 0.25) is 0 Å². The Kier molecular flexibility index (Phi) is 5.16. The molecule has 7 heteroatoms. The first-order valence-electron chi connectivity index (χ1n) is 7.70. The first-order valence-corrected chi connectivity index (χ1v) is 9.19. The Balaban J connectivity index is 1.60. The van der Waals surface area contributed by atoms with E-state index < -0.39 is 10.0 Å². The normalized spacial score (nSPS) is 11.4. The molecule has 6 nitrogen and oxygen atoms in total. The van der Waals surface area contributed by atoms with Crippen molar-refractivity contribution in [3.8, 4) is 11.5 Å². The zero-order valence-corrected chi connectivity index (χ0v) is 14.5. The summed E-state index contributed by atoms with van der Waals surface area (Å²) in [5.74, 6) is 1.23. The summed E-state index contributed by atoms with van der Waals surface area (Å²) < 4.78 is 37.7. The maximum atomic E-state index is 12.2. The Bertz CT molecular complexity index is 951. The Hall–Kier alpha value is -2.64. The minimum atomic E-state index is -3.58. The molecular weight excluding hydrogens is 340 g/mol. The molecule has 0 amide bonds. The molecule has 0 saturated carbocycles. The molecule has 0 unspecified atom stereocenters. The Morgan fingerprint density at radius 1 is 1.04 bits per heavy atom. The predicted octanol–water partition coefficient (Wildman–Crippen LogP) is 2.60. The van der Waals surface area contributed by atoms with E-state index >= 15 is 0 Å². The number of fused-ring (bicyclic) bond motifs is 1.